The summed E-state index contributed by atoms with van der Waals surface area (Å²) in [5.74, 6) is -1.23. The Hall–Kier alpha value is -1.40. The van der Waals surface area contributed by atoms with Gasteiger partial charge in [0.1, 0.15) is 0 Å². The van der Waals surface area contributed by atoms with Crippen LogP contribution in [0.15, 0.2) is 22.7 Å². The number of benzene rings is 1. The number of carboxylic acid groups (broad SMARTS) is 1. The third kappa shape index (κ3) is 4.46. The molecule has 0 aliphatic carbocycles. The summed E-state index contributed by atoms with van der Waals surface area (Å²) in [6.07, 6.45) is 0.181. The molecular weight excluding hydrogens is 300 g/mol. The van der Waals surface area contributed by atoms with E-state index >= 15 is 0 Å². The molecule has 0 spiro atoms. The topological polar surface area (TPSA) is 92.4 Å². The van der Waals surface area contributed by atoms with Crippen molar-refractivity contribution in [2.75, 3.05) is 5.32 Å². The lowest BCUT2D eigenvalue weighted by Crippen LogP contribution is -2.36. The van der Waals surface area contributed by atoms with Crippen molar-refractivity contribution in [1.29, 1.82) is 0 Å². The van der Waals surface area contributed by atoms with E-state index in [1.807, 2.05) is 0 Å². The molecule has 1 rings (SSSR count). The van der Waals surface area contributed by atoms with Crippen LogP contribution in [0.4, 0.5) is 5.69 Å². The lowest BCUT2D eigenvalue weighted by Gasteiger charge is -2.18. The largest absolute Gasteiger partial charge is 0.478 e. The fourth-order valence-corrected chi connectivity index (χ4v) is 1.84. The zero-order valence-corrected chi connectivity index (χ0v) is 11.7. The molecule has 1 aromatic rings. The normalized spacial score (nSPS) is 11.1. The molecule has 0 unspecified atom stereocenters. The molecule has 1 aromatic carbocycles. The van der Waals surface area contributed by atoms with Crippen LogP contribution in [-0.4, -0.2) is 22.5 Å². The molecule has 0 radical (unpaired) electrons. The Morgan fingerprint density at radius 1 is 1.44 bits per heavy atom. The first-order valence-electron chi connectivity index (χ1n) is 5.30. The molecular formula is C12H15BrN2O3. The molecule has 4 N–H and O–H groups in total. The maximum absolute atomic E-state index is 11.7. The van der Waals surface area contributed by atoms with Crippen molar-refractivity contribution in [2.45, 2.75) is 25.8 Å². The second-order valence-corrected chi connectivity index (χ2v) is 5.57. The number of anilines is 1. The van der Waals surface area contributed by atoms with Gasteiger partial charge in [0.15, 0.2) is 0 Å². The Labute approximate surface area is 113 Å². The van der Waals surface area contributed by atoms with Gasteiger partial charge in [0, 0.05) is 16.4 Å². The molecule has 98 valence electrons. The van der Waals surface area contributed by atoms with Crippen molar-refractivity contribution in [3.63, 3.8) is 0 Å². The van der Waals surface area contributed by atoms with E-state index in [0.717, 1.165) is 0 Å². The van der Waals surface area contributed by atoms with Crippen LogP contribution in [0.3, 0.4) is 0 Å². The van der Waals surface area contributed by atoms with Crippen molar-refractivity contribution in [3.05, 3.63) is 28.2 Å². The van der Waals surface area contributed by atoms with Gasteiger partial charge in [-0.05, 0) is 48.0 Å². The van der Waals surface area contributed by atoms with Crippen LogP contribution in [0.25, 0.3) is 0 Å². The highest BCUT2D eigenvalue weighted by molar-refractivity contribution is 9.10. The molecule has 0 atom stereocenters. The Balaban J connectivity index is 2.80. The highest BCUT2D eigenvalue weighted by Crippen LogP contribution is 2.24. The van der Waals surface area contributed by atoms with Crippen LogP contribution in [-0.2, 0) is 4.79 Å². The van der Waals surface area contributed by atoms with Gasteiger partial charge in [-0.15, -0.1) is 0 Å². The molecule has 18 heavy (non-hydrogen) atoms. The number of carboxylic acids is 1. The van der Waals surface area contributed by atoms with E-state index in [2.05, 4.69) is 21.2 Å². The highest BCUT2D eigenvalue weighted by atomic mass is 79.9. The van der Waals surface area contributed by atoms with Gasteiger partial charge in [-0.25, -0.2) is 4.79 Å². The number of hydrogen-bond donors (Lipinski definition) is 3. The molecule has 0 saturated heterocycles. The van der Waals surface area contributed by atoms with Gasteiger partial charge in [0.05, 0.1) is 11.3 Å². The van der Waals surface area contributed by atoms with E-state index in [9.17, 15) is 9.59 Å². The van der Waals surface area contributed by atoms with Crippen molar-refractivity contribution in [3.8, 4) is 0 Å². The second kappa shape index (κ2) is 5.49. The van der Waals surface area contributed by atoms with Crippen LogP contribution in [0.2, 0.25) is 0 Å². The zero-order valence-electron chi connectivity index (χ0n) is 10.2. The average molecular weight is 315 g/mol. The average Bonchev–Trinajstić information content (AvgIpc) is 2.17. The van der Waals surface area contributed by atoms with Gasteiger partial charge in [0.25, 0.3) is 0 Å². The number of hydrogen-bond acceptors (Lipinski definition) is 3. The van der Waals surface area contributed by atoms with Gasteiger partial charge < -0.3 is 16.2 Å². The lowest BCUT2D eigenvalue weighted by atomic mass is 10.0. The van der Waals surface area contributed by atoms with E-state index in [1.54, 1.807) is 13.8 Å². The van der Waals surface area contributed by atoms with Gasteiger partial charge in [-0.1, -0.05) is 0 Å². The Bertz CT molecular complexity index is 481. The first kappa shape index (κ1) is 14.7. The Morgan fingerprint density at radius 3 is 2.50 bits per heavy atom. The second-order valence-electron chi connectivity index (χ2n) is 4.71. The van der Waals surface area contributed by atoms with Crippen LogP contribution in [0.5, 0.6) is 0 Å². The number of nitrogens with one attached hydrogen (secondary N) is 1. The predicted molar refractivity (Wildman–Crippen MR) is 72.6 cm³/mol. The summed E-state index contributed by atoms with van der Waals surface area (Å²) in [5, 5.41) is 11.5. The first-order chi connectivity index (χ1) is 8.19. The summed E-state index contributed by atoms with van der Waals surface area (Å²) in [6.45, 7) is 3.52. The predicted octanol–water partition coefficient (Wildman–Crippen LogP) is 2.21. The molecule has 5 nitrogen and oxygen atoms in total. The summed E-state index contributed by atoms with van der Waals surface area (Å²) in [5.41, 5.74) is 5.83. The number of nitrogens with two attached hydrogens (primary N) is 1. The summed E-state index contributed by atoms with van der Waals surface area (Å²) in [4.78, 5) is 22.4. The molecule has 0 heterocycles. The van der Waals surface area contributed by atoms with Crippen molar-refractivity contribution in [2.24, 2.45) is 5.73 Å². The molecule has 1 amide bonds. The third-order valence-electron chi connectivity index (χ3n) is 2.11. The summed E-state index contributed by atoms with van der Waals surface area (Å²) in [6, 6.07) is 4.40. The number of carbonyl (C=O) groups is 2. The van der Waals surface area contributed by atoms with Crippen molar-refractivity contribution < 1.29 is 14.7 Å². The van der Waals surface area contributed by atoms with E-state index < -0.39 is 11.5 Å². The minimum absolute atomic E-state index is 0.152. The highest BCUT2D eigenvalue weighted by Gasteiger charge is 2.17. The summed E-state index contributed by atoms with van der Waals surface area (Å²) < 4.78 is 0.519. The van der Waals surface area contributed by atoms with Gasteiger partial charge in [-0.2, -0.15) is 0 Å². The van der Waals surface area contributed by atoms with E-state index in [4.69, 9.17) is 10.8 Å². The molecule has 0 aliphatic heterocycles. The molecule has 6 heteroatoms. The molecule has 0 fully saturated rings. The monoisotopic (exact) mass is 314 g/mol. The number of halogens is 1. The van der Waals surface area contributed by atoms with Crippen LogP contribution >= 0.6 is 15.9 Å². The van der Waals surface area contributed by atoms with Crippen LogP contribution < -0.4 is 11.1 Å². The fraction of sp³-hybridized carbons (Fsp3) is 0.333. The first-order valence-corrected chi connectivity index (χ1v) is 6.10. The number of carbonyl (C=O) groups excluding carboxylic acids is 1. The van der Waals surface area contributed by atoms with Crippen molar-refractivity contribution in [1.82, 2.24) is 0 Å². The Kier molecular flexibility index (Phi) is 4.48. The number of rotatable bonds is 4. The van der Waals surface area contributed by atoms with E-state index in [-0.39, 0.29) is 17.9 Å². The standard InChI is InChI=1S/C12H15BrN2O3/c1-12(2,14)6-10(16)15-9-4-3-7(11(17)18)5-8(9)13/h3-5H,6,14H2,1-2H3,(H,15,16)(H,17,18). The zero-order chi connectivity index (χ0) is 13.9. The molecule has 0 saturated carbocycles. The summed E-state index contributed by atoms with van der Waals surface area (Å²) >= 11 is 3.21. The van der Waals surface area contributed by atoms with Crippen LogP contribution in [0, 0.1) is 0 Å². The van der Waals surface area contributed by atoms with Crippen LogP contribution in [0.1, 0.15) is 30.6 Å². The summed E-state index contributed by atoms with van der Waals surface area (Å²) in [7, 11) is 0. The molecule has 0 aromatic heterocycles. The SMILES string of the molecule is CC(C)(N)CC(=O)Nc1ccc(C(=O)O)cc1Br. The third-order valence-corrected chi connectivity index (χ3v) is 2.76. The minimum atomic E-state index is -1.02. The quantitative estimate of drug-likeness (QED) is 0.794. The van der Waals surface area contributed by atoms with Crippen molar-refractivity contribution >= 4 is 33.5 Å². The van der Waals surface area contributed by atoms with Gasteiger partial charge in [0.2, 0.25) is 5.91 Å². The number of aromatic carboxylic acids is 1. The maximum atomic E-state index is 11.7. The number of amides is 1. The van der Waals surface area contributed by atoms with E-state index in [1.165, 1.54) is 18.2 Å². The smallest absolute Gasteiger partial charge is 0.335 e. The fourth-order valence-electron chi connectivity index (χ4n) is 1.36. The molecule has 0 bridgehead atoms. The minimum Gasteiger partial charge on any atom is -0.478 e. The maximum Gasteiger partial charge on any atom is 0.335 e. The van der Waals surface area contributed by atoms with E-state index in [0.29, 0.717) is 10.2 Å². The van der Waals surface area contributed by atoms with Gasteiger partial charge in [-0.3, -0.25) is 4.79 Å². The Morgan fingerprint density at radius 2 is 2.06 bits per heavy atom. The molecule has 0 aliphatic rings. The lowest BCUT2D eigenvalue weighted by molar-refractivity contribution is -0.117. The van der Waals surface area contributed by atoms with Gasteiger partial charge >= 0.3 is 5.97 Å².